The summed E-state index contributed by atoms with van der Waals surface area (Å²) in [6, 6.07) is 9.06. The first-order valence-electron chi connectivity index (χ1n) is 7.89. The van der Waals surface area contributed by atoms with Crippen LogP contribution in [0.15, 0.2) is 34.8 Å². The Hall–Kier alpha value is -2.41. The van der Waals surface area contributed by atoms with E-state index in [1.807, 2.05) is 30.3 Å². The number of carbonyl (C=O) groups is 1. The lowest BCUT2D eigenvalue weighted by atomic mass is 9.98. The zero-order valence-electron chi connectivity index (χ0n) is 15.2. The number of methoxy groups -OCH3 is 4. The van der Waals surface area contributed by atoms with E-state index in [-0.39, 0.29) is 6.04 Å². The van der Waals surface area contributed by atoms with Crippen LogP contribution in [0.25, 0.3) is 0 Å². The van der Waals surface area contributed by atoms with Crippen LogP contribution in [0, 0.1) is 0 Å². The first kappa shape index (κ1) is 19.9. The molecule has 26 heavy (non-hydrogen) atoms. The lowest BCUT2D eigenvalue weighted by Gasteiger charge is -2.20. The molecule has 1 atom stereocenters. The second-order valence-electron chi connectivity index (χ2n) is 5.45. The van der Waals surface area contributed by atoms with Crippen molar-refractivity contribution in [3.8, 4) is 23.0 Å². The Labute approximate surface area is 161 Å². The lowest BCUT2D eigenvalue weighted by Crippen LogP contribution is -2.22. The molecule has 0 saturated heterocycles. The molecule has 0 radical (unpaired) electrons. The molecule has 2 aromatic rings. The predicted molar refractivity (Wildman–Crippen MR) is 102 cm³/mol. The van der Waals surface area contributed by atoms with Crippen molar-refractivity contribution in [1.82, 2.24) is 5.32 Å². The van der Waals surface area contributed by atoms with Crippen LogP contribution in [0.2, 0.25) is 0 Å². The molecule has 0 fully saturated rings. The second-order valence-corrected chi connectivity index (χ2v) is 6.31. The van der Waals surface area contributed by atoms with E-state index in [0.29, 0.717) is 35.8 Å². The highest BCUT2D eigenvalue weighted by Gasteiger charge is 2.18. The molecule has 2 aromatic carbocycles. The largest absolute Gasteiger partial charge is 0.493 e. The number of rotatable bonds is 9. The van der Waals surface area contributed by atoms with Crippen LogP contribution in [0.4, 0.5) is 0 Å². The fraction of sp³-hybridized carbons (Fsp3) is 0.316. The van der Waals surface area contributed by atoms with Gasteiger partial charge in [-0.05, 0) is 41.8 Å². The number of benzene rings is 2. The molecule has 1 amide bonds. The molecule has 2 rings (SSSR count). The number of halogens is 1. The summed E-state index contributed by atoms with van der Waals surface area (Å²) in [5, 5.41) is 2.86. The Bertz CT molecular complexity index is 766. The quantitative estimate of drug-likeness (QED) is 0.625. The monoisotopic (exact) mass is 423 g/mol. The summed E-state index contributed by atoms with van der Waals surface area (Å²) < 4.78 is 22.2. The van der Waals surface area contributed by atoms with E-state index in [2.05, 4.69) is 21.2 Å². The van der Waals surface area contributed by atoms with Gasteiger partial charge < -0.3 is 24.3 Å². The van der Waals surface area contributed by atoms with Gasteiger partial charge >= 0.3 is 0 Å². The minimum atomic E-state index is -0.248. The van der Waals surface area contributed by atoms with Crippen LogP contribution < -0.4 is 24.3 Å². The van der Waals surface area contributed by atoms with E-state index in [0.717, 1.165) is 15.6 Å². The van der Waals surface area contributed by atoms with Gasteiger partial charge in [0.15, 0.2) is 23.0 Å². The van der Waals surface area contributed by atoms with Crippen molar-refractivity contribution < 1.29 is 23.7 Å². The number of carbonyl (C=O) groups excluding carboxylic acids is 1. The standard InChI is InChI=1S/C19H22BrNO5/c1-23-16-6-5-12(8-17(16)24-2)15(21-11-22)7-13-9-18(25-3)19(26-4)10-14(13)20/h5-6,8-11,15H,7H2,1-4H3,(H,21,22). The van der Waals surface area contributed by atoms with E-state index >= 15 is 0 Å². The van der Waals surface area contributed by atoms with E-state index in [1.165, 1.54) is 0 Å². The third kappa shape index (κ3) is 4.40. The molecule has 0 saturated carbocycles. The van der Waals surface area contributed by atoms with Gasteiger partial charge in [0.25, 0.3) is 0 Å². The van der Waals surface area contributed by atoms with E-state index in [9.17, 15) is 4.79 Å². The summed E-state index contributed by atoms with van der Waals surface area (Å²) >= 11 is 3.56. The summed E-state index contributed by atoms with van der Waals surface area (Å²) in [6.45, 7) is 0. The van der Waals surface area contributed by atoms with Crippen LogP contribution in [0.3, 0.4) is 0 Å². The van der Waals surface area contributed by atoms with Gasteiger partial charge in [-0.3, -0.25) is 4.79 Å². The predicted octanol–water partition coefficient (Wildman–Crippen LogP) is 3.51. The maximum atomic E-state index is 11.1. The molecule has 1 N–H and O–H groups in total. The summed E-state index contributed by atoms with van der Waals surface area (Å²) in [6.07, 6.45) is 1.24. The molecule has 0 aliphatic carbocycles. The third-order valence-electron chi connectivity index (χ3n) is 4.06. The highest BCUT2D eigenvalue weighted by molar-refractivity contribution is 9.10. The third-order valence-corrected chi connectivity index (χ3v) is 4.79. The summed E-state index contributed by atoms with van der Waals surface area (Å²) in [7, 11) is 6.34. The smallest absolute Gasteiger partial charge is 0.207 e. The fourth-order valence-corrected chi connectivity index (χ4v) is 3.18. The number of ether oxygens (including phenoxy) is 4. The van der Waals surface area contributed by atoms with E-state index < -0.39 is 0 Å². The Morgan fingerprint density at radius 3 is 2.08 bits per heavy atom. The van der Waals surface area contributed by atoms with Gasteiger partial charge in [0.05, 0.1) is 34.5 Å². The highest BCUT2D eigenvalue weighted by atomic mass is 79.9. The number of amides is 1. The van der Waals surface area contributed by atoms with Gasteiger partial charge in [0.2, 0.25) is 6.41 Å². The maximum Gasteiger partial charge on any atom is 0.207 e. The Balaban J connectivity index is 2.38. The molecule has 1 unspecified atom stereocenters. The van der Waals surface area contributed by atoms with Crippen molar-refractivity contribution in [1.29, 1.82) is 0 Å². The second kappa shape index (κ2) is 9.33. The normalized spacial score (nSPS) is 11.4. The molecule has 0 spiro atoms. The van der Waals surface area contributed by atoms with Crippen LogP contribution in [0.5, 0.6) is 23.0 Å². The summed E-state index contributed by atoms with van der Waals surface area (Å²) in [5.41, 5.74) is 1.87. The molecule has 6 nitrogen and oxygen atoms in total. The van der Waals surface area contributed by atoms with Gasteiger partial charge in [-0.1, -0.05) is 22.0 Å². The first-order valence-corrected chi connectivity index (χ1v) is 8.69. The first-order chi connectivity index (χ1) is 12.6. The van der Waals surface area contributed by atoms with Gasteiger partial charge in [-0.25, -0.2) is 0 Å². The van der Waals surface area contributed by atoms with Crippen molar-refractivity contribution in [2.75, 3.05) is 28.4 Å². The maximum absolute atomic E-state index is 11.1. The Morgan fingerprint density at radius 2 is 1.50 bits per heavy atom. The van der Waals surface area contributed by atoms with Crippen LogP contribution in [0.1, 0.15) is 17.2 Å². The number of nitrogens with one attached hydrogen (secondary N) is 1. The average molecular weight is 424 g/mol. The van der Waals surface area contributed by atoms with E-state index in [4.69, 9.17) is 18.9 Å². The minimum absolute atomic E-state index is 0.248. The van der Waals surface area contributed by atoms with Crippen LogP contribution in [-0.4, -0.2) is 34.8 Å². The van der Waals surface area contributed by atoms with Gasteiger partial charge in [0, 0.05) is 4.47 Å². The molecule has 0 bridgehead atoms. The van der Waals surface area contributed by atoms with Gasteiger partial charge in [-0.15, -0.1) is 0 Å². The SMILES string of the molecule is COc1ccc(C(Cc2cc(OC)c(OC)cc2Br)NC=O)cc1OC. The minimum Gasteiger partial charge on any atom is -0.493 e. The Kier molecular flexibility index (Phi) is 7.15. The molecule has 0 aliphatic rings. The zero-order valence-corrected chi connectivity index (χ0v) is 16.8. The molecule has 140 valence electrons. The molecular weight excluding hydrogens is 402 g/mol. The summed E-state index contributed by atoms with van der Waals surface area (Å²) in [4.78, 5) is 11.1. The van der Waals surface area contributed by atoms with Crippen molar-refractivity contribution in [2.24, 2.45) is 0 Å². The molecule has 0 aromatic heterocycles. The van der Waals surface area contributed by atoms with Crippen molar-refractivity contribution >= 4 is 22.3 Å². The van der Waals surface area contributed by atoms with Gasteiger partial charge in [0.1, 0.15) is 0 Å². The van der Waals surface area contributed by atoms with E-state index in [1.54, 1.807) is 28.4 Å². The number of hydrogen-bond acceptors (Lipinski definition) is 5. The summed E-state index contributed by atoms with van der Waals surface area (Å²) in [5.74, 6) is 2.50. The molecule has 0 heterocycles. The topological polar surface area (TPSA) is 66.0 Å². The highest BCUT2D eigenvalue weighted by Crippen LogP contribution is 2.36. The number of hydrogen-bond donors (Lipinski definition) is 1. The van der Waals surface area contributed by atoms with Crippen molar-refractivity contribution in [3.05, 3.63) is 45.9 Å². The van der Waals surface area contributed by atoms with Crippen LogP contribution >= 0.6 is 15.9 Å². The molecule has 7 heteroatoms. The fourth-order valence-electron chi connectivity index (χ4n) is 2.70. The van der Waals surface area contributed by atoms with Crippen molar-refractivity contribution in [2.45, 2.75) is 12.5 Å². The lowest BCUT2D eigenvalue weighted by molar-refractivity contribution is -0.110. The molecule has 0 aliphatic heterocycles. The van der Waals surface area contributed by atoms with Crippen molar-refractivity contribution in [3.63, 3.8) is 0 Å². The zero-order chi connectivity index (χ0) is 19.1. The Morgan fingerprint density at radius 1 is 0.923 bits per heavy atom. The van der Waals surface area contributed by atoms with Crippen LogP contribution in [-0.2, 0) is 11.2 Å². The van der Waals surface area contributed by atoms with Gasteiger partial charge in [-0.2, -0.15) is 0 Å². The average Bonchev–Trinajstić information content (AvgIpc) is 2.67. The molecular formula is C19H22BrNO5.